The van der Waals surface area contributed by atoms with Crippen LogP contribution in [0.5, 0.6) is 0 Å². The number of amides is 1. The molecule has 0 aromatic heterocycles. The molecule has 0 spiro atoms. The average molecular weight is 383 g/mol. The van der Waals surface area contributed by atoms with Gasteiger partial charge in [-0.1, -0.05) is 28.1 Å². The summed E-state index contributed by atoms with van der Waals surface area (Å²) in [6.07, 6.45) is 2.98. The van der Waals surface area contributed by atoms with Crippen LogP contribution in [-0.4, -0.2) is 43.2 Å². The van der Waals surface area contributed by atoms with Crippen LogP contribution in [-0.2, 0) is 14.9 Å². The summed E-state index contributed by atoms with van der Waals surface area (Å²) >= 11 is 3.44. The van der Waals surface area contributed by atoms with Crippen molar-refractivity contribution < 1.29 is 9.53 Å². The Morgan fingerprint density at radius 3 is 2.48 bits per heavy atom. The van der Waals surface area contributed by atoms with E-state index >= 15 is 0 Å². The fourth-order valence-electron chi connectivity index (χ4n) is 2.94. The number of hydrogen-bond donors (Lipinski definition) is 1. The molecular weight excluding hydrogens is 356 g/mol. The highest BCUT2D eigenvalue weighted by atomic mass is 79.9. The Kier molecular flexibility index (Phi) is 6.62. The number of rotatable bonds is 6. The Morgan fingerprint density at radius 1 is 1.30 bits per heavy atom. The number of carbonyl (C=O) groups excluding carboxylic acids is 1. The number of benzene rings is 1. The van der Waals surface area contributed by atoms with E-state index in [1.54, 1.807) is 0 Å². The third-order valence-corrected chi connectivity index (χ3v) is 5.06. The van der Waals surface area contributed by atoms with Crippen LogP contribution in [0.1, 0.15) is 38.7 Å². The first kappa shape index (κ1) is 18.4. The molecule has 1 amide bonds. The minimum atomic E-state index is -0.506. The molecule has 2 rings (SSSR count). The van der Waals surface area contributed by atoms with Crippen LogP contribution in [0.15, 0.2) is 28.7 Å². The maximum atomic E-state index is 12.9. The molecule has 0 unspecified atom stereocenters. The van der Waals surface area contributed by atoms with Gasteiger partial charge in [-0.15, -0.1) is 0 Å². The molecule has 0 radical (unpaired) electrons. The van der Waals surface area contributed by atoms with Gasteiger partial charge in [0.1, 0.15) is 0 Å². The van der Waals surface area contributed by atoms with Crippen LogP contribution in [0.3, 0.4) is 0 Å². The van der Waals surface area contributed by atoms with Crippen molar-refractivity contribution in [3.05, 3.63) is 34.3 Å². The van der Waals surface area contributed by atoms with E-state index in [0.29, 0.717) is 6.54 Å². The van der Waals surface area contributed by atoms with E-state index in [2.05, 4.69) is 15.9 Å². The van der Waals surface area contributed by atoms with E-state index < -0.39 is 5.41 Å². The van der Waals surface area contributed by atoms with E-state index in [0.717, 1.165) is 49.0 Å². The molecule has 1 heterocycles. The summed E-state index contributed by atoms with van der Waals surface area (Å²) in [7, 11) is 0. The lowest BCUT2D eigenvalue weighted by Gasteiger charge is -2.37. The Balaban J connectivity index is 1.92. The van der Waals surface area contributed by atoms with Crippen LogP contribution in [0.2, 0.25) is 0 Å². The molecule has 2 N–H and O–H groups in total. The number of likely N-dealkylation sites (tertiary alicyclic amines) is 1. The van der Waals surface area contributed by atoms with E-state index in [9.17, 15) is 4.79 Å². The lowest BCUT2D eigenvalue weighted by Crippen LogP contribution is -2.48. The number of piperidine rings is 1. The van der Waals surface area contributed by atoms with Crippen molar-refractivity contribution in [3.63, 3.8) is 0 Å². The molecule has 5 heteroatoms. The Morgan fingerprint density at radius 2 is 1.91 bits per heavy atom. The van der Waals surface area contributed by atoms with Crippen molar-refractivity contribution in [2.75, 3.05) is 26.2 Å². The van der Waals surface area contributed by atoms with Gasteiger partial charge in [-0.25, -0.2) is 0 Å². The lowest BCUT2D eigenvalue weighted by molar-refractivity contribution is -0.139. The van der Waals surface area contributed by atoms with Gasteiger partial charge < -0.3 is 15.4 Å². The van der Waals surface area contributed by atoms with Gasteiger partial charge in [0.15, 0.2) is 0 Å². The minimum Gasteiger partial charge on any atom is -0.378 e. The summed E-state index contributed by atoms with van der Waals surface area (Å²) in [5.41, 5.74) is 6.02. The van der Waals surface area contributed by atoms with E-state index in [1.807, 2.05) is 43.0 Å². The quantitative estimate of drug-likeness (QED) is 0.769. The molecule has 128 valence electrons. The smallest absolute Gasteiger partial charge is 0.232 e. The number of nitrogens with two attached hydrogens (primary N) is 1. The summed E-state index contributed by atoms with van der Waals surface area (Å²) in [5, 5.41) is 0. The van der Waals surface area contributed by atoms with Crippen molar-refractivity contribution in [2.24, 2.45) is 5.73 Å². The third-order valence-electron chi connectivity index (χ3n) is 4.53. The SMILES string of the molecule is CC(C)(C(=O)N1CCC(OCCCN)CC1)c1ccc(Br)cc1. The molecule has 23 heavy (non-hydrogen) atoms. The molecule has 1 aromatic rings. The van der Waals surface area contributed by atoms with E-state index in [-0.39, 0.29) is 12.0 Å². The molecule has 1 aromatic carbocycles. The van der Waals surface area contributed by atoms with Gasteiger partial charge in [0.05, 0.1) is 11.5 Å². The first-order valence-electron chi connectivity index (χ1n) is 8.32. The fraction of sp³-hybridized carbons (Fsp3) is 0.611. The van der Waals surface area contributed by atoms with Crippen LogP contribution in [0, 0.1) is 0 Å². The second-order valence-corrected chi connectivity index (χ2v) is 7.55. The highest BCUT2D eigenvalue weighted by Gasteiger charge is 2.35. The van der Waals surface area contributed by atoms with Crippen molar-refractivity contribution in [2.45, 2.75) is 44.6 Å². The number of ether oxygens (including phenoxy) is 1. The van der Waals surface area contributed by atoms with Crippen LogP contribution >= 0.6 is 15.9 Å². The van der Waals surface area contributed by atoms with Gasteiger partial charge in [0.25, 0.3) is 0 Å². The molecule has 1 fully saturated rings. The van der Waals surface area contributed by atoms with Crippen LogP contribution in [0.4, 0.5) is 0 Å². The second kappa shape index (κ2) is 8.27. The van der Waals surface area contributed by atoms with Crippen LogP contribution in [0.25, 0.3) is 0 Å². The highest BCUT2D eigenvalue weighted by molar-refractivity contribution is 9.10. The second-order valence-electron chi connectivity index (χ2n) is 6.64. The zero-order chi connectivity index (χ0) is 16.9. The predicted molar refractivity (Wildman–Crippen MR) is 96.4 cm³/mol. The zero-order valence-electron chi connectivity index (χ0n) is 14.1. The maximum absolute atomic E-state index is 12.9. The van der Waals surface area contributed by atoms with Gasteiger partial charge in [-0.3, -0.25) is 4.79 Å². The molecule has 0 atom stereocenters. The van der Waals surface area contributed by atoms with Crippen molar-refractivity contribution in [1.29, 1.82) is 0 Å². The summed E-state index contributed by atoms with van der Waals surface area (Å²) in [6.45, 7) is 6.93. The summed E-state index contributed by atoms with van der Waals surface area (Å²) in [6, 6.07) is 8.01. The average Bonchev–Trinajstić information content (AvgIpc) is 2.55. The summed E-state index contributed by atoms with van der Waals surface area (Å²) < 4.78 is 6.84. The van der Waals surface area contributed by atoms with Gasteiger partial charge in [-0.2, -0.15) is 0 Å². The largest absolute Gasteiger partial charge is 0.378 e. The number of carbonyl (C=O) groups is 1. The van der Waals surface area contributed by atoms with Gasteiger partial charge >= 0.3 is 0 Å². The topological polar surface area (TPSA) is 55.6 Å². The number of nitrogens with zero attached hydrogens (tertiary/aromatic N) is 1. The summed E-state index contributed by atoms with van der Waals surface area (Å²) in [4.78, 5) is 14.9. The first-order valence-corrected chi connectivity index (χ1v) is 9.11. The monoisotopic (exact) mass is 382 g/mol. The predicted octanol–water partition coefficient (Wildman–Crippen LogP) is 3.08. The molecule has 4 nitrogen and oxygen atoms in total. The molecule has 1 saturated heterocycles. The summed E-state index contributed by atoms with van der Waals surface area (Å²) in [5.74, 6) is 0.195. The molecule has 0 saturated carbocycles. The van der Waals surface area contributed by atoms with Gasteiger partial charge in [-0.05, 0) is 57.4 Å². The number of hydrogen-bond acceptors (Lipinski definition) is 3. The van der Waals surface area contributed by atoms with Crippen molar-refractivity contribution in [1.82, 2.24) is 4.90 Å². The van der Waals surface area contributed by atoms with Crippen molar-refractivity contribution in [3.8, 4) is 0 Å². The van der Waals surface area contributed by atoms with Gasteiger partial charge in [0.2, 0.25) is 5.91 Å². The molecular formula is C18H27BrN2O2. The van der Waals surface area contributed by atoms with E-state index in [1.165, 1.54) is 0 Å². The number of halogens is 1. The van der Waals surface area contributed by atoms with Gasteiger partial charge in [0, 0.05) is 24.2 Å². The normalized spacial score (nSPS) is 16.6. The molecule has 1 aliphatic rings. The minimum absolute atomic E-state index is 0.195. The molecule has 0 aliphatic carbocycles. The Bertz CT molecular complexity index is 508. The zero-order valence-corrected chi connectivity index (χ0v) is 15.6. The molecule has 1 aliphatic heterocycles. The third kappa shape index (κ3) is 4.78. The first-order chi connectivity index (χ1) is 10.9. The fourth-order valence-corrected chi connectivity index (χ4v) is 3.21. The standard InChI is InChI=1S/C18H27BrN2O2/c1-18(2,14-4-6-15(19)7-5-14)17(22)21-11-8-16(9-12-21)23-13-3-10-20/h4-7,16H,3,8-13,20H2,1-2H3. The Labute approximate surface area is 147 Å². The Hall–Kier alpha value is -0.910. The van der Waals surface area contributed by atoms with E-state index in [4.69, 9.17) is 10.5 Å². The highest BCUT2D eigenvalue weighted by Crippen LogP contribution is 2.28. The molecule has 0 bridgehead atoms. The van der Waals surface area contributed by atoms with Crippen LogP contribution < -0.4 is 5.73 Å². The lowest BCUT2D eigenvalue weighted by atomic mass is 9.82. The van der Waals surface area contributed by atoms with Crippen molar-refractivity contribution >= 4 is 21.8 Å². The maximum Gasteiger partial charge on any atom is 0.232 e.